The fourth-order valence-corrected chi connectivity index (χ4v) is 5.76. The summed E-state index contributed by atoms with van der Waals surface area (Å²) in [6.45, 7) is 8.86. The van der Waals surface area contributed by atoms with E-state index < -0.39 is 27.2 Å². The third-order valence-electron chi connectivity index (χ3n) is 6.31. The minimum Gasteiger partial charge on any atom is -0.486 e. The van der Waals surface area contributed by atoms with E-state index in [1.165, 1.54) is 10.5 Å². The maximum absolute atomic E-state index is 13.8. The number of piperazine rings is 1. The van der Waals surface area contributed by atoms with Gasteiger partial charge in [0.15, 0.2) is 0 Å². The summed E-state index contributed by atoms with van der Waals surface area (Å²) >= 11 is 0. The number of aryl methyl sites for hydroxylation is 1. The molecule has 1 aliphatic heterocycles. The second kappa shape index (κ2) is 10.9. The second-order valence-corrected chi connectivity index (χ2v) is 12.9. The van der Waals surface area contributed by atoms with Crippen molar-refractivity contribution in [1.29, 1.82) is 0 Å². The number of nitrogen functional groups attached to an aromatic ring is 1. The van der Waals surface area contributed by atoms with Gasteiger partial charge in [-0.3, -0.25) is 4.79 Å². The average molecular weight is 562 g/mol. The normalized spacial score (nSPS) is 15.0. The van der Waals surface area contributed by atoms with Gasteiger partial charge in [0.1, 0.15) is 17.3 Å². The van der Waals surface area contributed by atoms with E-state index in [4.69, 9.17) is 10.5 Å². The molecule has 210 valence electrons. The summed E-state index contributed by atoms with van der Waals surface area (Å²) in [7, 11) is -3.59. The van der Waals surface area contributed by atoms with Crippen molar-refractivity contribution in [3.8, 4) is 11.4 Å². The Morgan fingerprint density at radius 3 is 2.26 bits per heavy atom. The lowest BCUT2D eigenvalue weighted by Gasteiger charge is -2.36. The average Bonchev–Trinajstić information content (AvgIpc) is 2.84. The first-order chi connectivity index (χ1) is 18.2. The van der Waals surface area contributed by atoms with Crippen LogP contribution in [0.1, 0.15) is 31.9 Å². The molecule has 3 aromatic rings. The first kappa shape index (κ1) is 28.5. The zero-order valence-electron chi connectivity index (χ0n) is 22.4. The third kappa shape index (κ3) is 6.74. The first-order valence-electron chi connectivity index (χ1n) is 12.5. The predicted molar refractivity (Wildman–Crippen MR) is 147 cm³/mol. The number of hydrogen-bond donors (Lipinski definition) is 1. The lowest BCUT2D eigenvalue weighted by atomic mass is 9.99. The van der Waals surface area contributed by atoms with Crippen LogP contribution < -0.4 is 20.9 Å². The smallest absolute Gasteiger partial charge is 0.316 e. The topological polar surface area (TPSA) is 111 Å². The van der Waals surface area contributed by atoms with Crippen molar-refractivity contribution in [2.24, 2.45) is 5.41 Å². The molecule has 0 radical (unpaired) electrons. The van der Waals surface area contributed by atoms with E-state index in [2.05, 4.69) is 5.10 Å². The maximum atomic E-state index is 13.8. The van der Waals surface area contributed by atoms with Gasteiger partial charge >= 0.3 is 5.56 Å². The number of hydrogen-bond acceptors (Lipinski definition) is 7. The Morgan fingerprint density at radius 1 is 1.03 bits per heavy atom. The molecule has 0 amide bonds. The Balaban J connectivity index is 1.58. The highest BCUT2D eigenvalue weighted by Gasteiger charge is 2.30. The molecular formula is C27H33F2N5O4S. The van der Waals surface area contributed by atoms with Gasteiger partial charge in [0.05, 0.1) is 24.2 Å². The Morgan fingerprint density at radius 2 is 1.67 bits per heavy atom. The number of benzene rings is 2. The lowest BCUT2D eigenvalue weighted by Crippen LogP contribution is -2.49. The summed E-state index contributed by atoms with van der Waals surface area (Å²) < 4.78 is 62.2. The molecule has 1 fully saturated rings. The Labute approximate surface area is 226 Å². The highest BCUT2D eigenvalue weighted by atomic mass is 32.2. The van der Waals surface area contributed by atoms with Crippen LogP contribution in [0.4, 0.5) is 20.2 Å². The number of ether oxygens (including phenoxy) is 1. The number of nitrogens with two attached hydrogens (primary N) is 1. The van der Waals surface area contributed by atoms with Gasteiger partial charge in [0, 0.05) is 37.9 Å². The van der Waals surface area contributed by atoms with Crippen molar-refractivity contribution in [2.75, 3.05) is 43.4 Å². The van der Waals surface area contributed by atoms with Gasteiger partial charge in [-0.05, 0) is 41.7 Å². The molecule has 0 spiro atoms. The van der Waals surface area contributed by atoms with Crippen molar-refractivity contribution in [1.82, 2.24) is 14.1 Å². The highest BCUT2D eigenvalue weighted by molar-refractivity contribution is 7.88. The molecular weight excluding hydrogens is 528 g/mol. The van der Waals surface area contributed by atoms with E-state index in [-0.39, 0.29) is 42.3 Å². The van der Waals surface area contributed by atoms with Crippen LogP contribution in [0.25, 0.3) is 5.69 Å². The van der Waals surface area contributed by atoms with Gasteiger partial charge in [-0.2, -0.15) is 14.1 Å². The fraction of sp³-hybridized carbons (Fsp3) is 0.407. The van der Waals surface area contributed by atoms with Crippen LogP contribution in [0.2, 0.25) is 0 Å². The standard InChI is InChI=1S/C27H33F2N5O4S/c1-18-11-19(5-6-23(18)30)16-39(36,37)33-9-7-32(8-10-33)24-15-31-34(22-13-20(28)12-21(29)14-22)26(35)25(24)38-17-27(2,3)4/h5-6,11-15H,7-10,16-17,30H2,1-4H3. The van der Waals surface area contributed by atoms with E-state index >= 15 is 0 Å². The first-order valence-corrected chi connectivity index (χ1v) is 14.1. The van der Waals surface area contributed by atoms with Gasteiger partial charge < -0.3 is 15.4 Å². The molecule has 2 N–H and O–H groups in total. The summed E-state index contributed by atoms with van der Waals surface area (Å²) in [6, 6.07) is 7.91. The SMILES string of the molecule is Cc1cc(CS(=O)(=O)N2CCN(c3cnn(-c4cc(F)cc(F)c4)c(=O)c3OCC(C)(C)C)CC2)ccc1N. The van der Waals surface area contributed by atoms with Crippen molar-refractivity contribution in [3.63, 3.8) is 0 Å². The van der Waals surface area contributed by atoms with Crippen LogP contribution >= 0.6 is 0 Å². The van der Waals surface area contributed by atoms with Crippen LogP contribution in [-0.4, -0.2) is 55.3 Å². The molecule has 12 heteroatoms. The molecule has 2 heterocycles. The highest BCUT2D eigenvalue weighted by Crippen LogP contribution is 2.28. The Kier molecular flexibility index (Phi) is 7.99. The molecule has 0 atom stereocenters. The largest absolute Gasteiger partial charge is 0.486 e. The van der Waals surface area contributed by atoms with E-state index in [0.717, 1.165) is 22.4 Å². The van der Waals surface area contributed by atoms with Gasteiger partial charge in [-0.15, -0.1) is 0 Å². The Hall–Kier alpha value is -3.51. The minimum absolute atomic E-state index is 0.0155. The molecule has 0 saturated carbocycles. The Bertz CT molecular complexity index is 1510. The van der Waals surface area contributed by atoms with E-state index in [9.17, 15) is 22.0 Å². The van der Waals surface area contributed by atoms with Crippen LogP contribution in [0, 0.1) is 24.0 Å². The number of sulfonamides is 1. The molecule has 39 heavy (non-hydrogen) atoms. The quantitative estimate of drug-likeness (QED) is 0.440. The van der Waals surface area contributed by atoms with Crippen molar-refractivity contribution in [3.05, 3.63) is 75.7 Å². The van der Waals surface area contributed by atoms with Crippen LogP contribution in [0.15, 0.2) is 47.4 Å². The molecule has 4 rings (SSSR count). The second-order valence-electron chi connectivity index (χ2n) is 10.9. The van der Waals surface area contributed by atoms with Gasteiger partial charge in [-0.1, -0.05) is 32.9 Å². The summed E-state index contributed by atoms with van der Waals surface area (Å²) in [5.41, 5.74) is 7.30. The summed E-state index contributed by atoms with van der Waals surface area (Å²) in [6.07, 6.45) is 1.41. The van der Waals surface area contributed by atoms with Crippen molar-refractivity contribution < 1.29 is 21.9 Å². The zero-order valence-corrected chi connectivity index (χ0v) is 23.3. The van der Waals surface area contributed by atoms with Crippen molar-refractivity contribution in [2.45, 2.75) is 33.4 Å². The number of rotatable bonds is 7. The molecule has 1 saturated heterocycles. The third-order valence-corrected chi connectivity index (χ3v) is 8.16. The van der Waals surface area contributed by atoms with E-state index in [1.807, 2.05) is 32.6 Å². The number of aromatic nitrogens is 2. The maximum Gasteiger partial charge on any atom is 0.316 e. The molecule has 1 aliphatic rings. The molecule has 0 aliphatic carbocycles. The molecule has 1 aromatic heterocycles. The molecule has 9 nitrogen and oxygen atoms in total. The van der Waals surface area contributed by atoms with Crippen molar-refractivity contribution >= 4 is 21.4 Å². The van der Waals surface area contributed by atoms with Gasteiger partial charge in [0.25, 0.3) is 0 Å². The number of nitrogens with zero attached hydrogens (tertiary/aromatic N) is 4. The summed E-state index contributed by atoms with van der Waals surface area (Å²) in [5, 5.41) is 4.16. The number of anilines is 2. The summed E-state index contributed by atoms with van der Waals surface area (Å²) in [4.78, 5) is 15.3. The minimum atomic E-state index is -3.59. The summed E-state index contributed by atoms with van der Waals surface area (Å²) in [5.74, 6) is -1.84. The zero-order chi connectivity index (χ0) is 28.5. The van der Waals surface area contributed by atoms with Crippen LogP contribution in [0.3, 0.4) is 0 Å². The molecule has 0 bridgehead atoms. The lowest BCUT2D eigenvalue weighted by molar-refractivity contribution is 0.195. The molecule has 0 unspecified atom stereocenters. The molecule has 2 aromatic carbocycles. The van der Waals surface area contributed by atoms with E-state index in [1.54, 1.807) is 18.2 Å². The fourth-order valence-electron chi connectivity index (χ4n) is 4.26. The monoisotopic (exact) mass is 561 g/mol. The van der Waals surface area contributed by atoms with Crippen LogP contribution in [0.5, 0.6) is 5.75 Å². The van der Waals surface area contributed by atoms with Gasteiger partial charge in [0.2, 0.25) is 15.8 Å². The van der Waals surface area contributed by atoms with E-state index in [0.29, 0.717) is 36.1 Å². The predicted octanol–water partition coefficient (Wildman–Crippen LogP) is 3.48. The number of halogens is 2. The van der Waals surface area contributed by atoms with Crippen LogP contribution in [-0.2, 0) is 15.8 Å². The van der Waals surface area contributed by atoms with Gasteiger partial charge in [-0.25, -0.2) is 17.2 Å².